The molecule has 114 valence electrons. The van der Waals surface area contributed by atoms with E-state index in [1.165, 1.54) is 12.1 Å². The number of halogens is 2. The first-order valence-corrected chi connectivity index (χ1v) is 7.63. The van der Waals surface area contributed by atoms with Gasteiger partial charge in [0, 0.05) is 3.57 Å². The fourth-order valence-electron chi connectivity index (χ4n) is 1.68. The SMILES string of the molecule is O=C(Nc1cc(Cl)c(C(=O)O)cc1I)OCc1ccccc1. The Bertz CT molecular complexity index is 706. The average Bonchev–Trinajstić information content (AvgIpc) is 2.49. The zero-order valence-electron chi connectivity index (χ0n) is 11.2. The van der Waals surface area contributed by atoms with Crippen LogP contribution in [0.4, 0.5) is 10.5 Å². The first kappa shape index (κ1) is 16.6. The van der Waals surface area contributed by atoms with Gasteiger partial charge in [0.05, 0.1) is 16.3 Å². The van der Waals surface area contributed by atoms with Gasteiger partial charge in [0.25, 0.3) is 0 Å². The molecule has 0 fully saturated rings. The van der Waals surface area contributed by atoms with Crippen LogP contribution in [-0.4, -0.2) is 17.2 Å². The number of anilines is 1. The highest BCUT2D eigenvalue weighted by Gasteiger charge is 2.14. The maximum Gasteiger partial charge on any atom is 0.411 e. The van der Waals surface area contributed by atoms with E-state index in [2.05, 4.69) is 5.32 Å². The number of amides is 1. The Balaban J connectivity index is 2.02. The fraction of sp³-hybridized carbons (Fsp3) is 0.0667. The molecule has 2 aromatic rings. The Kier molecular flexibility index (Phi) is 5.62. The van der Waals surface area contributed by atoms with E-state index in [1.807, 2.05) is 52.9 Å². The fourth-order valence-corrected chi connectivity index (χ4v) is 2.52. The summed E-state index contributed by atoms with van der Waals surface area (Å²) in [4.78, 5) is 22.7. The van der Waals surface area contributed by atoms with Crippen LogP contribution in [0, 0.1) is 3.57 Å². The molecule has 22 heavy (non-hydrogen) atoms. The predicted molar refractivity (Wildman–Crippen MR) is 91.4 cm³/mol. The number of rotatable bonds is 4. The summed E-state index contributed by atoms with van der Waals surface area (Å²) in [7, 11) is 0. The summed E-state index contributed by atoms with van der Waals surface area (Å²) in [6.45, 7) is 0.143. The molecule has 0 aliphatic heterocycles. The zero-order chi connectivity index (χ0) is 16.1. The van der Waals surface area contributed by atoms with E-state index in [-0.39, 0.29) is 17.2 Å². The van der Waals surface area contributed by atoms with Gasteiger partial charge in [0.2, 0.25) is 0 Å². The molecule has 5 nitrogen and oxygen atoms in total. The molecular formula is C15H11ClINO4. The lowest BCUT2D eigenvalue weighted by Gasteiger charge is -2.10. The third kappa shape index (κ3) is 4.35. The van der Waals surface area contributed by atoms with Gasteiger partial charge in [0.1, 0.15) is 6.61 Å². The molecule has 0 heterocycles. The number of carbonyl (C=O) groups is 2. The quantitative estimate of drug-likeness (QED) is 0.704. The number of carbonyl (C=O) groups excluding carboxylic acids is 1. The number of nitrogens with one attached hydrogen (secondary N) is 1. The van der Waals surface area contributed by atoms with Crippen LogP contribution >= 0.6 is 34.2 Å². The molecule has 1 amide bonds. The first-order valence-electron chi connectivity index (χ1n) is 6.17. The van der Waals surface area contributed by atoms with Crippen LogP contribution < -0.4 is 5.32 Å². The summed E-state index contributed by atoms with van der Waals surface area (Å²) in [6, 6.07) is 12.0. The lowest BCUT2D eigenvalue weighted by atomic mass is 10.2. The normalized spacial score (nSPS) is 10.1. The third-order valence-electron chi connectivity index (χ3n) is 2.74. The van der Waals surface area contributed by atoms with E-state index in [1.54, 1.807) is 0 Å². The van der Waals surface area contributed by atoms with Crippen molar-refractivity contribution in [1.29, 1.82) is 0 Å². The molecule has 0 saturated heterocycles. The van der Waals surface area contributed by atoms with Crippen molar-refractivity contribution >= 4 is 51.9 Å². The summed E-state index contributed by atoms with van der Waals surface area (Å²) in [5, 5.41) is 11.6. The summed E-state index contributed by atoms with van der Waals surface area (Å²) >= 11 is 7.79. The Hall–Kier alpha value is -1.80. The van der Waals surface area contributed by atoms with E-state index in [0.717, 1.165) is 5.56 Å². The molecule has 0 aliphatic rings. The number of ether oxygens (including phenoxy) is 1. The standard InChI is InChI=1S/C15H11ClINO4/c16-11-7-13(12(17)6-10(11)14(19)20)18-15(21)22-8-9-4-2-1-3-5-9/h1-7H,8H2,(H,18,21)(H,19,20). The van der Waals surface area contributed by atoms with Crippen LogP contribution in [0.1, 0.15) is 15.9 Å². The maximum absolute atomic E-state index is 11.8. The summed E-state index contributed by atoms with van der Waals surface area (Å²) in [5.41, 5.74) is 1.24. The second-order valence-corrected chi connectivity index (χ2v) is 5.87. The van der Waals surface area contributed by atoms with E-state index in [4.69, 9.17) is 21.4 Å². The highest BCUT2D eigenvalue weighted by Crippen LogP contribution is 2.27. The Morgan fingerprint density at radius 2 is 1.91 bits per heavy atom. The highest BCUT2D eigenvalue weighted by molar-refractivity contribution is 14.1. The molecule has 0 spiro atoms. The molecule has 2 N–H and O–H groups in total. The minimum Gasteiger partial charge on any atom is -0.478 e. The molecule has 0 bridgehead atoms. The van der Waals surface area contributed by atoms with Crippen LogP contribution in [0.25, 0.3) is 0 Å². The van der Waals surface area contributed by atoms with Crippen molar-refractivity contribution in [3.63, 3.8) is 0 Å². The zero-order valence-corrected chi connectivity index (χ0v) is 14.1. The van der Waals surface area contributed by atoms with Crippen molar-refractivity contribution in [2.75, 3.05) is 5.32 Å². The Morgan fingerprint density at radius 3 is 2.55 bits per heavy atom. The molecule has 7 heteroatoms. The molecular weight excluding hydrogens is 421 g/mol. The average molecular weight is 432 g/mol. The monoisotopic (exact) mass is 431 g/mol. The summed E-state index contributed by atoms with van der Waals surface area (Å²) < 4.78 is 5.64. The largest absolute Gasteiger partial charge is 0.478 e. The summed E-state index contributed by atoms with van der Waals surface area (Å²) in [6.07, 6.45) is -0.638. The van der Waals surface area contributed by atoms with E-state index in [0.29, 0.717) is 9.26 Å². The maximum atomic E-state index is 11.8. The molecule has 2 rings (SSSR count). The van der Waals surface area contributed by atoms with Gasteiger partial charge in [0.15, 0.2) is 0 Å². The molecule has 0 unspecified atom stereocenters. The first-order chi connectivity index (χ1) is 10.5. The van der Waals surface area contributed by atoms with Crippen LogP contribution in [0.15, 0.2) is 42.5 Å². The van der Waals surface area contributed by atoms with Crippen molar-refractivity contribution < 1.29 is 19.4 Å². The van der Waals surface area contributed by atoms with Gasteiger partial charge in [-0.15, -0.1) is 0 Å². The van der Waals surface area contributed by atoms with Crippen molar-refractivity contribution in [3.8, 4) is 0 Å². The van der Waals surface area contributed by atoms with Gasteiger partial charge in [-0.2, -0.15) is 0 Å². The van der Waals surface area contributed by atoms with Gasteiger partial charge >= 0.3 is 12.1 Å². The molecule has 0 saturated carbocycles. The van der Waals surface area contributed by atoms with Gasteiger partial charge < -0.3 is 9.84 Å². The lowest BCUT2D eigenvalue weighted by molar-refractivity contribution is 0.0697. The summed E-state index contributed by atoms with van der Waals surface area (Å²) in [5.74, 6) is -1.12. The van der Waals surface area contributed by atoms with Gasteiger partial charge in [-0.25, -0.2) is 9.59 Å². The number of aromatic carboxylic acids is 1. The van der Waals surface area contributed by atoms with Crippen molar-refractivity contribution in [3.05, 3.63) is 62.2 Å². The van der Waals surface area contributed by atoms with Crippen molar-refractivity contribution in [1.82, 2.24) is 0 Å². The number of hydrogen-bond acceptors (Lipinski definition) is 3. The van der Waals surface area contributed by atoms with Gasteiger partial charge in [-0.05, 0) is 40.3 Å². The van der Waals surface area contributed by atoms with Gasteiger partial charge in [-0.3, -0.25) is 5.32 Å². The van der Waals surface area contributed by atoms with Crippen LogP contribution in [-0.2, 0) is 11.3 Å². The second-order valence-electron chi connectivity index (χ2n) is 4.30. The lowest BCUT2D eigenvalue weighted by Crippen LogP contribution is -2.14. The number of carboxylic acids is 1. The second kappa shape index (κ2) is 7.46. The third-order valence-corrected chi connectivity index (χ3v) is 3.94. The number of carboxylic acid groups (broad SMARTS) is 1. The van der Waals surface area contributed by atoms with Gasteiger partial charge in [-0.1, -0.05) is 41.9 Å². The number of benzene rings is 2. The van der Waals surface area contributed by atoms with Crippen molar-refractivity contribution in [2.24, 2.45) is 0 Å². The smallest absolute Gasteiger partial charge is 0.411 e. The molecule has 2 aromatic carbocycles. The molecule has 0 aliphatic carbocycles. The van der Waals surface area contributed by atoms with Crippen LogP contribution in [0.5, 0.6) is 0 Å². The minimum absolute atomic E-state index is 0.0192. The Labute approximate surface area is 145 Å². The molecule has 0 radical (unpaired) electrons. The van der Waals surface area contributed by atoms with E-state index < -0.39 is 12.1 Å². The molecule has 0 atom stereocenters. The predicted octanol–water partition coefficient (Wildman–Crippen LogP) is 4.39. The molecule has 0 aromatic heterocycles. The van der Waals surface area contributed by atoms with Crippen LogP contribution in [0.2, 0.25) is 5.02 Å². The highest BCUT2D eigenvalue weighted by atomic mass is 127. The van der Waals surface area contributed by atoms with E-state index >= 15 is 0 Å². The van der Waals surface area contributed by atoms with Crippen LogP contribution in [0.3, 0.4) is 0 Å². The Morgan fingerprint density at radius 1 is 1.23 bits per heavy atom. The minimum atomic E-state index is -1.12. The number of hydrogen-bond donors (Lipinski definition) is 2. The van der Waals surface area contributed by atoms with Crippen molar-refractivity contribution in [2.45, 2.75) is 6.61 Å². The van der Waals surface area contributed by atoms with E-state index in [9.17, 15) is 9.59 Å². The topological polar surface area (TPSA) is 75.6 Å².